The number of phenols is 1. The second-order valence-electron chi connectivity index (χ2n) is 9.09. The predicted molar refractivity (Wildman–Crippen MR) is 128 cm³/mol. The van der Waals surface area contributed by atoms with Crippen molar-refractivity contribution >= 4 is 28.1 Å². The molecule has 0 aromatic heterocycles. The van der Waals surface area contributed by atoms with E-state index in [0.717, 1.165) is 18.4 Å². The minimum absolute atomic E-state index is 0. The number of piperidine rings is 1. The lowest BCUT2D eigenvalue weighted by atomic mass is 9.83. The number of rotatable bonds is 5. The SMILES string of the molecule is C[C@H]1C[C@@]2(C=CS(=O)(=O)N2c2cccc(F)c2)CCN1Cc1ccc(O)c(OC2CC2)c1.Cl. The van der Waals surface area contributed by atoms with Gasteiger partial charge in [-0.3, -0.25) is 9.21 Å². The van der Waals surface area contributed by atoms with E-state index in [2.05, 4.69) is 11.8 Å². The number of hydrogen-bond donors (Lipinski definition) is 1. The quantitative estimate of drug-likeness (QED) is 0.658. The first-order valence-corrected chi connectivity index (χ1v) is 12.5. The van der Waals surface area contributed by atoms with Crippen molar-refractivity contribution in [1.82, 2.24) is 4.90 Å². The van der Waals surface area contributed by atoms with E-state index in [1.807, 2.05) is 12.1 Å². The largest absolute Gasteiger partial charge is 0.504 e. The van der Waals surface area contributed by atoms with Gasteiger partial charge in [0.2, 0.25) is 0 Å². The summed E-state index contributed by atoms with van der Waals surface area (Å²) in [6, 6.07) is 11.3. The predicted octanol–water partition coefficient (Wildman–Crippen LogP) is 4.58. The fourth-order valence-electron chi connectivity index (χ4n) is 4.82. The molecule has 9 heteroatoms. The fraction of sp³-hybridized carbons (Fsp3) is 0.417. The molecule has 0 radical (unpaired) electrons. The maximum atomic E-state index is 13.9. The number of likely N-dealkylation sites (tertiary alicyclic amines) is 1. The van der Waals surface area contributed by atoms with Gasteiger partial charge >= 0.3 is 0 Å². The zero-order valence-electron chi connectivity index (χ0n) is 18.4. The Labute approximate surface area is 200 Å². The van der Waals surface area contributed by atoms with Crippen LogP contribution in [0.5, 0.6) is 11.5 Å². The first-order valence-electron chi connectivity index (χ1n) is 11.0. The standard InChI is InChI=1S/C24H27FN2O4S.ClH/c1-17-15-24(10-12-32(29,30)27(24)20-4-2-3-19(25)14-20)9-11-26(17)16-18-5-8-22(28)23(13-18)31-21-6-7-21;/h2-5,8,10,12-14,17,21,28H,6-7,9,11,15-16H2,1H3;1H/t17-,24-;/m0./s1. The lowest BCUT2D eigenvalue weighted by molar-refractivity contribution is 0.119. The summed E-state index contributed by atoms with van der Waals surface area (Å²) in [5, 5.41) is 11.3. The Balaban J connectivity index is 0.00000259. The minimum atomic E-state index is -3.66. The Morgan fingerprint density at radius 2 is 2.00 bits per heavy atom. The normalized spacial score (nSPS) is 26.4. The summed E-state index contributed by atoms with van der Waals surface area (Å²) in [6.45, 7) is 3.45. The van der Waals surface area contributed by atoms with Gasteiger partial charge in [-0.2, -0.15) is 0 Å². The molecular weight excluding hydrogens is 467 g/mol. The number of benzene rings is 2. The van der Waals surface area contributed by atoms with Gasteiger partial charge in [0.1, 0.15) is 5.82 Å². The Kier molecular flexibility index (Phi) is 6.37. The molecule has 2 aliphatic heterocycles. The molecule has 2 heterocycles. The van der Waals surface area contributed by atoms with Crippen LogP contribution in [0.15, 0.2) is 53.9 Å². The van der Waals surface area contributed by atoms with Gasteiger partial charge in [0, 0.05) is 24.5 Å². The monoisotopic (exact) mass is 494 g/mol. The molecule has 6 nitrogen and oxygen atoms in total. The van der Waals surface area contributed by atoms with Crippen molar-refractivity contribution in [2.75, 3.05) is 10.8 Å². The van der Waals surface area contributed by atoms with E-state index < -0.39 is 21.4 Å². The van der Waals surface area contributed by atoms with Crippen LogP contribution in [0.25, 0.3) is 0 Å². The maximum Gasteiger partial charge on any atom is 0.258 e. The first kappa shape index (κ1) is 23.9. The molecule has 2 aromatic rings. The third-order valence-corrected chi connectivity index (χ3v) is 8.15. The Morgan fingerprint density at radius 1 is 1.21 bits per heavy atom. The highest BCUT2D eigenvalue weighted by atomic mass is 35.5. The van der Waals surface area contributed by atoms with Gasteiger partial charge in [0.15, 0.2) is 11.5 Å². The van der Waals surface area contributed by atoms with Crippen molar-refractivity contribution in [2.24, 2.45) is 0 Å². The lowest BCUT2D eigenvalue weighted by Gasteiger charge is -2.47. The molecule has 1 N–H and O–H groups in total. The molecule has 1 spiro atoms. The Bertz CT molecular complexity index is 1170. The molecule has 1 saturated heterocycles. The average molecular weight is 495 g/mol. The molecule has 0 bridgehead atoms. The lowest BCUT2D eigenvalue weighted by Crippen LogP contribution is -2.56. The number of halogens is 2. The summed E-state index contributed by atoms with van der Waals surface area (Å²) >= 11 is 0. The number of aromatic hydroxyl groups is 1. The van der Waals surface area contributed by atoms with Gasteiger partial charge in [0.05, 0.1) is 17.3 Å². The van der Waals surface area contributed by atoms with E-state index in [0.29, 0.717) is 37.4 Å². The molecular formula is C24H28ClFN2O4S. The number of ether oxygens (including phenoxy) is 1. The summed E-state index contributed by atoms with van der Waals surface area (Å²) in [7, 11) is -3.66. The first-order chi connectivity index (χ1) is 15.3. The number of phenolic OH excluding ortho intramolecular Hbond substituents is 1. The number of sulfonamides is 1. The zero-order valence-corrected chi connectivity index (χ0v) is 20.0. The second kappa shape index (κ2) is 8.81. The number of anilines is 1. The summed E-state index contributed by atoms with van der Waals surface area (Å²) in [5.41, 5.74) is 0.700. The van der Waals surface area contributed by atoms with Gasteiger partial charge in [-0.25, -0.2) is 12.8 Å². The molecule has 0 amide bonds. The van der Waals surface area contributed by atoms with E-state index in [1.165, 1.54) is 27.9 Å². The van der Waals surface area contributed by atoms with Crippen molar-refractivity contribution in [1.29, 1.82) is 0 Å². The smallest absolute Gasteiger partial charge is 0.258 e. The van der Waals surface area contributed by atoms with Gasteiger partial charge in [-0.1, -0.05) is 12.1 Å². The van der Waals surface area contributed by atoms with Gasteiger partial charge in [0.25, 0.3) is 10.0 Å². The van der Waals surface area contributed by atoms with Crippen LogP contribution in [0, 0.1) is 5.82 Å². The van der Waals surface area contributed by atoms with Gasteiger partial charge < -0.3 is 9.84 Å². The molecule has 1 aliphatic carbocycles. The van der Waals surface area contributed by atoms with Crippen LogP contribution in [-0.4, -0.2) is 42.7 Å². The van der Waals surface area contributed by atoms with Crippen LogP contribution in [0.3, 0.4) is 0 Å². The van der Waals surface area contributed by atoms with Crippen LogP contribution in [0.4, 0.5) is 10.1 Å². The molecule has 0 unspecified atom stereocenters. The van der Waals surface area contributed by atoms with Gasteiger partial charge in [-0.05, 0) is 74.6 Å². The molecule has 3 aliphatic rings. The Hall–Kier alpha value is -2.29. The molecule has 178 valence electrons. The summed E-state index contributed by atoms with van der Waals surface area (Å²) in [6.07, 6.45) is 5.22. The topological polar surface area (TPSA) is 70.1 Å². The van der Waals surface area contributed by atoms with Crippen LogP contribution in [0.1, 0.15) is 38.2 Å². The van der Waals surface area contributed by atoms with E-state index in [-0.39, 0.29) is 30.3 Å². The number of hydrogen-bond acceptors (Lipinski definition) is 5. The molecule has 2 atom stereocenters. The fourth-order valence-corrected chi connectivity index (χ4v) is 6.51. The second-order valence-corrected chi connectivity index (χ2v) is 10.8. The van der Waals surface area contributed by atoms with E-state index in [4.69, 9.17) is 4.74 Å². The number of nitrogens with zero attached hydrogens (tertiary/aromatic N) is 2. The molecule has 2 fully saturated rings. The third kappa shape index (κ3) is 4.69. The van der Waals surface area contributed by atoms with E-state index in [1.54, 1.807) is 18.2 Å². The summed E-state index contributed by atoms with van der Waals surface area (Å²) < 4.78 is 46.8. The summed E-state index contributed by atoms with van der Waals surface area (Å²) in [4.78, 5) is 2.31. The maximum absolute atomic E-state index is 13.9. The molecule has 33 heavy (non-hydrogen) atoms. The van der Waals surface area contributed by atoms with Crippen LogP contribution >= 0.6 is 12.4 Å². The molecule has 1 saturated carbocycles. The van der Waals surface area contributed by atoms with Crippen molar-refractivity contribution in [3.05, 3.63) is 65.3 Å². The summed E-state index contributed by atoms with van der Waals surface area (Å²) in [5.74, 6) is 0.216. The minimum Gasteiger partial charge on any atom is -0.504 e. The van der Waals surface area contributed by atoms with Crippen LogP contribution in [0.2, 0.25) is 0 Å². The van der Waals surface area contributed by atoms with Crippen molar-refractivity contribution in [2.45, 2.75) is 56.8 Å². The molecule has 2 aromatic carbocycles. The highest BCUT2D eigenvalue weighted by molar-refractivity contribution is 7.96. The van der Waals surface area contributed by atoms with Crippen LogP contribution < -0.4 is 9.04 Å². The van der Waals surface area contributed by atoms with Gasteiger partial charge in [-0.15, -0.1) is 12.4 Å². The zero-order chi connectivity index (χ0) is 22.5. The molecule has 5 rings (SSSR count). The van der Waals surface area contributed by atoms with E-state index >= 15 is 0 Å². The highest BCUT2D eigenvalue weighted by Crippen LogP contribution is 2.43. The highest BCUT2D eigenvalue weighted by Gasteiger charge is 2.49. The average Bonchev–Trinajstić information content (AvgIpc) is 3.51. The Morgan fingerprint density at radius 3 is 2.70 bits per heavy atom. The van der Waals surface area contributed by atoms with Crippen molar-refractivity contribution in [3.63, 3.8) is 0 Å². The van der Waals surface area contributed by atoms with Crippen LogP contribution in [-0.2, 0) is 16.6 Å². The van der Waals surface area contributed by atoms with E-state index in [9.17, 15) is 17.9 Å². The van der Waals surface area contributed by atoms with Crippen molar-refractivity contribution in [3.8, 4) is 11.5 Å². The van der Waals surface area contributed by atoms with Crippen molar-refractivity contribution < 1.29 is 22.7 Å². The third-order valence-electron chi connectivity index (χ3n) is 6.58.